The minimum Gasteiger partial charge on any atom is -0.443 e. The van der Waals surface area contributed by atoms with Crippen molar-refractivity contribution in [2.45, 2.75) is 85.0 Å². The van der Waals surface area contributed by atoms with Crippen molar-refractivity contribution < 1.29 is 33.0 Å². The molecule has 1 saturated heterocycles. The molecular weight excluding hydrogens is 525 g/mol. The van der Waals surface area contributed by atoms with E-state index < -0.39 is 40.8 Å². The van der Waals surface area contributed by atoms with Crippen molar-refractivity contribution in [1.82, 2.24) is 4.90 Å². The van der Waals surface area contributed by atoms with Crippen LogP contribution in [0, 0.1) is 11.2 Å². The zero-order valence-corrected chi connectivity index (χ0v) is 24.4. The largest absolute Gasteiger partial charge is 0.508 e. The minimum atomic E-state index is -1.11. The third-order valence-corrected chi connectivity index (χ3v) is 6.69. The smallest absolute Gasteiger partial charge is 0.443 e. The SMILES string of the molecule is CCC1(COC(=O)OC(C)(C)C)CC(Cc2ccc(-c3cc(Cl)ccc3F)cc2)N(C(=O)OC(C)(C)C)C1=O. The van der Waals surface area contributed by atoms with Gasteiger partial charge in [0.25, 0.3) is 0 Å². The van der Waals surface area contributed by atoms with Crippen LogP contribution in [0.25, 0.3) is 11.1 Å². The maximum absolute atomic E-state index is 14.3. The van der Waals surface area contributed by atoms with Gasteiger partial charge < -0.3 is 14.2 Å². The summed E-state index contributed by atoms with van der Waals surface area (Å²) < 4.78 is 30.5. The molecule has 0 spiro atoms. The standard InChI is InChI=1S/C30H37ClFNO6/c1-8-30(18-37-27(36)39-29(5,6)7)17-22(33(25(30)34)26(35)38-28(2,3)4)15-19-9-11-20(12-10-19)23-16-21(31)13-14-24(23)32/h9-14,16,22H,8,15,17-18H2,1-7H3. The molecule has 2 aromatic rings. The second-order valence-corrected chi connectivity index (χ2v) is 12.4. The van der Waals surface area contributed by atoms with Gasteiger partial charge in [-0.15, -0.1) is 0 Å². The molecule has 212 valence electrons. The quantitative estimate of drug-likeness (QED) is 0.338. The van der Waals surface area contributed by atoms with E-state index in [0.717, 1.165) is 10.5 Å². The molecule has 1 aliphatic rings. The number of hydrogen-bond donors (Lipinski definition) is 0. The Morgan fingerprint density at radius 1 is 1.03 bits per heavy atom. The van der Waals surface area contributed by atoms with E-state index in [4.69, 9.17) is 25.8 Å². The minimum absolute atomic E-state index is 0.222. The Balaban J connectivity index is 1.87. The Hall–Kier alpha value is -3.13. The highest BCUT2D eigenvalue weighted by molar-refractivity contribution is 6.30. The first-order valence-electron chi connectivity index (χ1n) is 13.0. The van der Waals surface area contributed by atoms with Gasteiger partial charge in [-0.1, -0.05) is 42.8 Å². The van der Waals surface area contributed by atoms with Gasteiger partial charge in [0.2, 0.25) is 5.91 Å². The van der Waals surface area contributed by atoms with Gasteiger partial charge in [0, 0.05) is 16.6 Å². The van der Waals surface area contributed by atoms with Crippen molar-refractivity contribution in [1.29, 1.82) is 0 Å². The number of ether oxygens (including phenoxy) is 3. The Bertz CT molecular complexity index is 1220. The lowest BCUT2D eigenvalue weighted by Gasteiger charge is -2.28. The van der Waals surface area contributed by atoms with Crippen LogP contribution in [0.4, 0.5) is 14.0 Å². The normalized spacial score (nSPS) is 19.7. The van der Waals surface area contributed by atoms with Crippen LogP contribution in [-0.4, -0.2) is 46.9 Å². The summed E-state index contributed by atoms with van der Waals surface area (Å²) in [5.41, 5.74) is -0.796. The first kappa shape index (κ1) is 30.4. The molecule has 0 aliphatic carbocycles. The molecule has 3 rings (SSSR count). The monoisotopic (exact) mass is 561 g/mol. The summed E-state index contributed by atoms with van der Waals surface area (Å²) in [7, 11) is 0. The fourth-order valence-corrected chi connectivity index (χ4v) is 4.74. The van der Waals surface area contributed by atoms with Crippen molar-refractivity contribution in [2.24, 2.45) is 5.41 Å². The molecule has 39 heavy (non-hydrogen) atoms. The first-order chi connectivity index (χ1) is 18.0. The second-order valence-electron chi connectivity index (χ2n) is 11.9. The molecule has 2 unspecified atom stereocenters. The van der Waals surface area contributed by atoms with Crippen LogP contribution in [0.15, 0.2) is 42.5 Å². The Morgan fingerprint density at radius 2 is 1.64 bits per heavy atom. The number of carbonyl (C=O) groups is 3. The highest BCUT2D eigenvalue weighted by atomic mass is 35.5. The molecule has 2 aromatic carbocycles. The summed E-state index contributed by atoms with van der Waals surface area (Å²) in [4.78, 5) is 40.3. The maximum atomic E-state index is 14.3. The maximum Gasteiger partial charge on any atom is 0.508 e. The predicted octanol–water partition coefficient (Wildman–Crippen LogP) is 7.57. The zero-order chi connectivity index (χ0) is 29.2. The van der Waals surface area contributed by atoms with E-state index in [2.05, 4.69) is 0 Å². The average Bonchev–Trinajstić information content (AvgIpc) is 3.09. The van der Waals surface area contributed by atoms with Gasteiger partial charge in [0.05, 0.1) is 5.41 Å². The van der Waals surface area contributed by atoms with Crippen LogP contribution in [0.5, 0.6) is 0 Å². The summed E-state index contributed by atoms with van der Waals surface area (Å²) in [6.07, 6.45) is -0.661. The molecular formula is C30H37ClFNO6. The number of amides is 2. The fraction of sp³-hybridized carbons (Fsp3) is 0.500. The van der Waals surface area contributed by atoms with Crippen LogP contribution in [-0.2, 0) is 25.4 Å². The van der Waals surface area contributed by atoms with Crippen LogP contribution in [0.3, 0.4) is 0 Å². The lowest BCUT2D eigenvalue weighted by molar-refractivity contribution is -0.138. The number of rotatable bonds is 6. The van der Waals surface area contributed by atoms with Crippen molar-refractivity contribution in [3.05, 3.63) is 58.9 Å². The molecule has 1 aliphatic heterocycles. The number of halogens is 2. The molecule has 2 amide bonds. The molecule has 7 nitrogen and oxygen atoms in total. The summed E-state index contributed by atoms with van der Waals surface area (Å²) in [5, 5.41) is 0.428. The summed E-state index contributed by atoms with van der Waals surface area (Å²) >= 11 is 6.05. The lowest BCUT2D eigenvalue weighted by Crippen LogP contribution is -2.45. The van der Waals surface area contributed by atoms with E-state index in [1.54, 1.807) is 59.7 Å². The van der Waals surface area contributed by atoms with Gasteiger partial charge in [0.15, 0.2) is 0 Å². The number of nitrogens with zero attached hydrogens (tertiary/aromatic N) is 1. The van der Waals surface area contributed by atoms with Gasteiger partial charge in [0.1, 0.15) is 23.6 Å². The summed E-state index contributed by atoms with van der Waals surface area (Å²) in [6.45, 7) is 11.9. The van der Waals surface area contributed by atoms with Crippen LogP contribution in [0.2, 0.25) is 5.02 Å². The number of likely N-dealkylation sites (tertiary alicyclic amines) is 1. The van der Waals surface area contributed by atoms with E-state index in [9.17, 15) is 18.8 Å². The van der Waals surface area contributed by atoms with Gasteiger partial charge in [-0.05, 0) is 90.1 Å². The molecule has 0 saturated carbocycles. The third-order valence-electron chi connectivity index (χ3n) is 6.45. The molecule has 9 heteroatoms. The number of carbonyl (C=O) groups excluding carboxylic acids is 3. The third kappa shape index (κ3) is 7.72. The average molecular weight is 562 g/mol. The molecule has 0 radical (unpaired) electrons. The van der Waals surface area contributed by atoms with Crippen molar-refractivity contribution in [3.63, 3.8) is 0 Å². The molecule has 1 heterocycles. The van der Waals surface area contributed by atoms with Crippen molar-refractivity contribution in [2.75, 3.05) is 6.61 Å². The summed E-state index contributed by atoms with van der Waals surface area (Å²) in [6, 6.07) is 11.0. The van der Waals surface area contributed by atoms with Gasteiger partial charge in [-0.25, -0.2) is 18.9 Å². The number of imide groups is 1. The number of hydrogen-bond acceptors (Lipinski definition) is 6. The van der Waals surface area contributed by atoms with E-state index in [1.165, 1.54) is 12.1 Å². The summed E-state index contributed by atoms with van der Waals surface area (Å²) in [5.74, 6) is -0.840. The number of benzene rings is 2. The Labute approximate surface area is 234 Å². The lowest BCUT2D eigenvalue weighted by atomic mass is 9.82. The van der Waals surface area contributed by atoms with E-state index >= 15 is 0 Å². The van der Waals surface area contributed by atoms with Crippen LogP contribution in [0.1, 0.15) is 66.9 Å². The van der Waals surface area contributed by atoms with Gasteiger partial charge in [-0.2, -0.15) is 0 Å². The highest BCUT2D eigenvalue weighted by Crippen LogP contribution is 2.42. The predicted molar refractivity (Wildman–Crippen MR) is 147 cm³/mol. The van der Waals surface area contributed by atoms with E-state index in [0.29, 0.717) is 29.0 Å². The van der Waals surface area contributed by atoms with Gasteiger partial charge >= 0.3 is 12.2 Å². The van der Waals surface area contributed by atoms with Crippen LogP contribution >= 0.6 is 11.6 Å². The van der Waals surface area contributed by atoms with E-state index in [-0.39, 0.29) is 18.8 Å². The Kier molecular flexibility index (Phi) is 9.00. The second kappa shape index (κ2) is 11.5. The molecule has 0 aromatic heterocycles. The topological polar surface area (TPSA) is 82.1 Å². The zero-order valence-electron chi connectivity index (χ0n) is 23.6. The molecule has 1 fully saturated rings. The first-order valence-corrected chi connectivity index (χ1v) is 13.4. The molecule has 2 atom stereocenters. The fourth-order valence-electron chi connectivity index (χ4n) is 4.56. The van der Waals surface area contributed by atoms with E-state index in [1.807, 2.05) is 19.1 Å². The molecule has 0 N–H and O–H groups in total. The Morgan fingerprint density at radius 3 is 2.21 bits per heavy atom. The molecule has 0 bridgehead atoms. The van der Waals surface area contributed by atoms with Crippen molar-refractivity contribution >= 4 is 29.8 Å². The van der Waals surface area contributed by atoms with Crippen molar-refractivity contribution in [3.8, 4) is 11.1 Å². The van der Waals surface area contributed by atoms with Crippen LogP contribution < -0.4 is 0 Å². The highest BCUT2D eigenvalue weighted by Gasteiger charge is 2.54. The van der Waals surface area contributed by atoms with Gasteiger partial charge in [-0.3, -0.25) is 4.79 Å².